The van der Waals surface area contributed by atoms with Crippen molar-refractivity contribution >= 4 is 11.6 Å². The maximum Gasteiger partial charge on any atom is 0.253 e. The third-order valence-electron chi connectivity index (χ3n) is 3.63. The Morgan fingerprint density at radius 3 is 2.77 bits per heavy atom. The highest BCUT2D eigenvalue weighted by atomic mass is 35.5. The molecule has 0 amide bonds. The zero-order chi connectivity index (χ0) is 15.1. The summed E-state index contributed by atoms with van der Waals surface area (Å²) in [5.41, 5.74) is 0.854. The highest BCUT2D eigenvalue weighted by Crippen LogP contribution is 2.38. The third-order valence-corrected chi connectivity index (χ3v) is 3.89. The summed E-state index contributed by atoms with van der Waals surface area (Å²) in [5.74, 6) is 2.27. The first kappa shape index (κ1) is 13.4. The topological polar surface area (TPSA) is 82.5 Å². The van der Waals surface area contributed by atoms with Crippen molar-refractivity contribution in [3.63, 3.8) is 0 Å². The van der Waals surface area contributed by atoms with Crippen molar-refractivity contribution in [3.8, 4) is 11.4 Å². The van der Waals surface area contributed by atoms with Crippen LogP contribution in [0, 0.1) is 0 Å². The summed E-state index contributed by atoms with van der Waals surface area (Å²) in [6, 6.07) is 7.04. The molecule has 4 rings (SSSR count). The number of hydrogen-bond donors (Lipinski definition) is 0. The third kappa shape index (κ3) is 2.48. The zero-order valence-corrected chi connectivity index (χ0v) is 12.6. The van der Waals surface area contributed by atoms with Gasteiger partial charge in [-0.25, -0.2) is 0 Å². The summed E-state index contributed by atoms with van der Waals surface area (Å²) in [7, 11) is 0. The summed E-state index contributed by atoms with van der Waals surface area (Å²) >= 11 is 5.88. The second-order valence-corrected chi connectivity index (χ2v) is 5.82. The van der Waals surface area contributed by atoms with Crippen LogP contribution in [-0.2, 0) is 0 Å². The highest BCUT2D eigenvalue weighted by molar-refractivity contribution is 6.30. The second-order valence-electron chi connectivity index (χ2n) is 5.38. The van der Waals surface area contributed by atoms with E-state index >= 15 is 0 Å². The molecule has 0 spiro atoms. The van der Waals surface area contributed by atoms with Crippen LogP contribution in [0.3, 0.4) is 0 Å². The van der Waals surface area contributed by atoms with Gasteiger partial charge in [0.2, 0.25) is 5.82 Å². The van der Waals surface area contributed by atoms with Gasteiger partial charge in [-0.2, -0.15) is 9.78 Å². The van der Waals surface area contributed by atoms with Crippen molar-refractivity contribution < 1.29 is 4.52 Å². The van der Waals surface area contributed by atoms with Gasteiger partial charge in [-0.3, -0.25) is 0 Å². The van der Waals surface area contributed by atoms with Crippen molar-refractivity contribution in [3.05, 3.63) is 41.0 Å². The molecule has 1 aromatic carbocycles. The molecule has 22 heavy (non-hydrogen) atoms. The minimum atomic E-state index is -0.256. The molecule has 0 radical (unpaired) electrons. The number of hydrogen-bond acceptors (Lipinski definition) is 6. The van der Waals surface area contributed by atoms with Gasteiger partial charge < -0.3 is 4.52 Å². The first-order chi connectivity index (χ1) is 10.7. The summed E-state index contributed by atoms with van der Waals surface area (Å²) < 4.78 is 5.31. The molecule has 1 atom stereocenters. The molecule has 0 saturated heterocycles. The van der Waals surface area contributed by atoms with Crippen molar-refractivity contribution in [1.82, 2.24) is 30.3 Å². The maximum atomic E-state index is 5.88. The molecule has 0 aliphatic heterocycles. The van der Waals surface area contributed by atoms with E-state index in [0.29, 0.717) is 22.7 Å². The highest BCUT2D eigenvalue weighted by Gasteiger charge is 2.30. The van der Waals surface area contributed by atoms with Crippen LogP contribution in [0.1, 0.15) is 43.4 Å². The van der Waals surface area contributed by atoms with Crippen LogP contribution in [0.25, 0.3) is 11.4 Å². The Hall–Kier alpha value is -2.28. The molecule has 2 heterocycles. The zero-order valence-electron chi connectivity index (χ0n) is 11.8. The number of aromatic nitrogens is 6. The first-order valence-corrected chi connectivity index (χ1v) is 7.47. The smallest absolute Gasteiger partial charge is 0.253 e. The quantitative estimate of drug-likeness (QED) is 0.736. The van der Waals surface area contributed by atoms with Crippen LogP contribution in [0.5, 0.6) is 0 Å². The lowest BCUT2D eigenvalue weighted by Crippen LogP contribution is -2.11. The lowest BCUT2D eigenvalue weighted by Gasteiger charge is -2.02. The number of nitrogens with zero attached hydrogens (tertiary/aromatic N) is 6. The molecular formula is C14H13ClN6O. The summed E-state index contributed by atoms with van der Waals surface area (Å²) in [4.78, 5) is 5.90. The average molecular weight is 317 g/mol. The monoisotopic (exact) mass is 316 g/mol. The predicted molar refractivity (Wildman–Crippen MR) is 78.3 cm³/mol. The van der Waals surface area contributed by atoms with E-state index in [9.17, 15) is 0 Å². The molecule has 1 fully saturated rings. The Balaban J connectivity index is 1.58. The van der Waals surface area contributed by atoms with E-state index in [1.165, 1.54) is 4.80 Å². The Bertz CT molecular complexity index is 792. The Labute approximate surface area is 131 Å². The Morgan fingerprint density at radius 2 is 2.05 bits per heavy atom. The van der Waals surface area contributed by atoms with Gasteiger partial charge in [-0.1, -0.05) is 16.8 Å². The fourth-order valence-electron chi connectivity index (χ4n) is 2.13. The predicted octanol–water partition coefficient (Wildman–Crippen LogP) is 2.86. The molecular weight excluding hydrogens is 304 g/mol. The van der Waals surface area contributed by atoms with E-state index in [-0.39, 0.29) is 6.04 Å². The van der Waals surface area contributed by atoms with Crippen LogP contribution < -0.4 is 0 Å². The Morgan fingerprint density at radius 1 is 1.27 bits per heavy atom. The fourth-order valence-corrected chi connectivity index (χ4v) is 2.25. The number of rotatable bonds is 4. The minimum absolute atomic E-state index is 0.256. The lowest BCUT2D eigenvalue weighted by molar-refractivity contribution is 0.318. The van der Waals surface area contributed by atoms with Crippen LogP contribution >= 0.6 is 11.6 Å². The molecule has 0 N–H and O–H groups in total. The summed E-state index contributed by atoms with van der Waals surface area (Å²) in [6.45, 7) is 1.90. The van der Waals surface area contributed by atoms with E-state index in [2.05, 4.69) is 25.6 Å². The number of tetrazole rings is 1. The van der Waals surface area contributed by atoms with Gasteiger partial charge in [-0.15, -0.1) is 10.2 Å². The molecule has 1 aliphatic rings. The summed E-state index contributed by atoms with van der Waals surface area (Å²) in [6.07, 6.45) is 2.27. The molecule has 7 nitrogen and oxygen atoms in total. The molecule has 2 aromatic heterocycles. The van der Waals surface area contributed by atoms with Crippen LogP contribution in [0.4, 0.5) is 0 Å². The second kappa shape index (κ2) is 5.17. The van der Waals surface area contributed by atoms with Gasteiger partial charge in [0.05, 0.1) is 0 Å². The van der Waals surface area contributed by atoms with E-state index in [4.69, 9.17) is 16.1 Å². The van der Waals surface area contributed by atoms with Crippen molar-refractivity contribution in [2.75, 3.05) is 0 Å². The molecule has 1 unspecified atom stereocenters. The van der Waals surface area contributed by atoms with Gasteiger partial charge in [-0.05, 0) is 49.2 Å². The molecule has 1 aliphatic carbocycles. The first-order valence-electron chi connectivity index (χ1n) is 7.09. The molecule has 1 saturated carbocycles. The van der Waals surface area contributed by atoms with Gasteiger partial charge in [0.25, 0.3) is 5.89 Å². The maximum absolute atomic E-state index is 5.88. The van der Waals surface area contributed by atoms with Gasteiger partial charge in [0.1, 0.15) is 6.04 Å². The lowest BCUT2D eigenvalue weighted by atomic mass is 10.2. The summed E-state index contributed by atoms with van der Waals surface area (Å²) in [5, 5.41) is 17.2. The number of halogens is 1. The Kier molecular flexibility index (Phi) is 3.15. The largest absolute Gasteiger partial charge is 0.337 e. The van der Waals surface area contributed by atoms with Crippen LogP contribution in [0.15, 0.2) is 28.8 Å². The van der Waals surface area contributed by atoms with E-state index in [1.54, 1.807) is 12.1 Å². The van der Waals surface area contributed by atoms with Gasteiger partial charge in [0, 0.05) is 16.5 Å². The van der Waals surface area contributed by atoms with Crippen molar-refractivity contribution in [2.45, 2.75) is 31.7 Å². The molecule has 3 aromatic rings. The molecule has 8 heteroatoms. The van der Waals surface area contributed by atoms with E-state index in [0.717, 1.165) is 24.2 Å². The fraction of sp³-hybridized carbons (Fsp3) is 0.357. The van der Waals surface area contributed by atoms with Crippen LogP contribution in [0.2, 0.25) is 5.02 Å². The van der Waals surface area contributed by atoms with Gasteiger partial charge >= 0.3 is 0 Å². The SMILES string of the molecule is CC(c1nc(C2CC2)no1)n1nnc(-c2ccc(Cl)cc2)n1. The molecule has 112 valence electrons. The normalized spacial score (nSPS) is 15.9. The van der Waals surface area contributed by atoms with E-state index in [1.807, 2.05) is 19.1 Å². The van der Waals surface area contributed by atoms with Gasteiger partial charge in [0.15, 0.2) is 5.82 Å². The van der Waals surface area contributed by atoms with Crippen molar-refractivity contribution in [1.29, 1.82) is 0 Å². The number of benzene rings is 1. The average Bonchev–Trinajstić information content (AvgIpc) is 3.07. The standard InChI is InChI=1S/C14H13ClN6O/c1-8(14-16-12(19-22-14)9-2-3-9)21-18-13(17-20-21)10-4-6-11(15)7-5-10/h4-9H,2-3H2,1H3. The van der Waals surface area contributed by atoms with Crippen molar-refractivity contribution in [2.24, 2.45) is 0 Å². The minimum Gasteiger partial charge on any atom is -0.337 e. The molecule has 0 bridgehead atoms. The van der Waals surface area contributed by atoms with E-state index < -0.39 is 0 Å². The van der Waals surface area contributed by atoms with Crippen LogP contribution in [-0.4, -0.2) is 30.3 Å².